The van der Waals surface area contributed by atoms with Crippen molar-refractivity contribution in [1.29, 1.82) is 0 Å². The van der Waals surface area contributed by atoms with E-state index in [1.807, 2.05) is 30.3 Å². The predicted octanol–water partition coefficient (Wildman–Crippen LogP) is 0.829. The van der Waals surface area contributed by atoms with Gasteiger partial charge in [0, 0.05) is 0 Å². The highest BCUT2D eigenvalue weighted by molar-refractivity contribution is 7.61. The molecule has 0 saturated carbocycles. The minimum atomic E-state index is -2.59. The van der Waals surface area contributed by atoms with Crippen molar-refractivity contribution in [2.45, 2.75) is 0 Å². The van der Waals surface area contributed by atoms with Crippen molar-refractivity contribution < 1.29 is 23.1 Å². The standard InChI is InChI=1S/C7H8O.C2H3NO4S/c1-8-7-5-3-2-4-6-7;4-2(5)1-3-8(6)7/h2-6H,1H3;1H2,(H,4,5). The first-order valence-electron chi connectivity index (χ1n) is 4.14. The minimum Gasteiger partial charge on any atom is -0.497 e. The van der Waals surface area contributed by atoms with Gasteiger partial charge in [-0.15, -0.1) is 0 Å². The van der Waals surface area contributed by atoms with E-state index in [9.17, 15) is 13.2 Å². The van der Waals surface area contributed by atoms with Gasteiger partial charge in [0.1, 0.15) is 5.75 Å². The van der Waals surface area contributed by atoms with Crippen molar-refractivity contribution in [2.24, 2.45) is 4.36 Å². The molecule has 16 heavy (non-hydrogen) atoms. The molecule has 0 aliphatic rings. The third-order valence-electron chi connectivity index (χ3n) is 1.28. The van der Waals surface area contributed by atoms with Gasteiger partial charge in [0.15, 0.2) is 6.54 Å². The summed E-state index contributed by atoms with van der Waals surface area (Å²) in [6.45, 7) is -0.684. The summed E-state index contributed by atoms with van der Waals surface area (Å²) in [5, 5.41) is 7.80. The number of methoxy groups -OCH3 is 1. The number of carboxylic acid groups (broad SMARTS) is 1. The van der Waals surface area contributed by atoms with E-state index in [2.05, 4.69) is 4.36 Å². The van der Waals surface area contributed by atoms with Crippen LogP contribution in [0, 0.1) is 0 Å². The Hall–Kier alpha value is -1.89. The lowest BCUT2D eigenvalue weighted by Gasteiger charge is -1.93. The van der Waals surface area contributed by atoms with Crippen molar-refractivity contribution in [2.75, 3.05) is 13.7 Å². The topological polar surface area (TPSA) is 93.0 Å². The van der Waals surface area contributed by atoms with Gasteiger partial charge >= 0.3 is 16.5 Å². The van der Waals surface area contributed by atoms with Crippen LogP contribution in [-0.2, 0) is 15.3 Å². The van der Waals surface area contributed by atoms with E-state index >= 15 is 0 Å². The molecular weight excluding hydrogens is 234 g/mol. The molecule has 0 fully saturated rings. The minimum absolute atomic E-state index is 0.684. The number of carbonyl (C=O) groups is 1. The Kier molecular flexibility index (Phi) is 7.43. The highest BCUT2D eigenvalue weighted by Gasteiger charge is 1.89. The third kappa shape index (κ3) is 8.70. The number of hydrogen-bond acceptors (Lipinski definition) is 5. The fourth-order valence-electron chi connectivity index (χ4n) is 0.665. The Bertz CT molecular complexity index is 432. The highest BCUT2D eigenvalue weighted by Crippen LogP contribution is 2.05. The summed E-state index contributed by atoms with van der Waals surface area (Å²) >= 11 is 0. The molecule has 6 nitrogen and oxygen atoms in total. The summed E-state index contributed by atoms with van der Waals surface area (Å²) < 4.78 is 26.5. The summed E-state index contributed by atoms with van der Waals surface area (Å²) in [4.78, 5) is 9.54. The summed E-state index contributed by atoms with van der Waals surface area (Å²) in [6.07, 6.45) is 0. The van der Waals surface area contributed by atoms with E-state index in [-0.39, 0.29) is 0 Å². The van der Waals surface area contributed by atoms with Crippen LogP contribution in [0.5, 0.6) is 5.75 Å². The van der Waals surface area contributed by atoms with Crippen LogP contribution in [0.2, 0.25) is 0 Å². The Morgan fingerprint density at radius 2 is 1.94 bits per heavy atom. The highest BCUT2D eigenvalue weighted by atomic mass is 32.2. The lowest BCUT2D eigenvalue weighted by Crippen LogP contribution is -1.97. The number of aliphatic carboxylic acids is 1. The van der Waals surface area contributed by atoms with Crippen molar-refractivity contribution in [3.63, 3.8) is 0 Å². The number of nitrogens with zero attached hydrogens (tertiary/aromatic N) is 1. The molecule has 0 amide bonds. The fraction of sp³-hybridized carbons (Fsp3) is 0.222. The normalized spacial score (nSPS) is 8.31. The van der Waals surface area contributed by atoms with Gasteiger partial charge in [-0.3, -0.25) is 4.79 Å². The van der Waals surface area contributed by atoms with Gasteiger partial charge in [0.05, 0.1) is 7.11 Å². The second kappa shape index (κ2) is 8.42. The fourth-order valence-corrected chi connectivity index (χ4v) is 0.880. The van der Waals surface area contributed by atoms with Crippen molar-refractivity contribution >= 4 is 16.5 Å². The average Bonchev–Trinajstić information content (AvgIpc) is 2.28. The lowest BCUT2D eigenvalue weighted by molar-refractivity contribution is -0.135. The Morgan fingerprint density at radius 1 is 1.38 bits per heavy atom. The number of carboxylic acids is 1. The second-order valence-corrected chi connectivity index (χ2v) is 3.11. The molecule has 0 atom stereocenters. The zero-order chi connectivity index (χ0) is 12.4. The Balaban J connectivity index is 0.000000281. The first kappa shape index (κ1) is 14.1. The maximum Gasteiger partial charge on any atom is 0.326 e. The van der Waals surface area contributed by atoms with Crippen molar-refractivity contribution in [1.82, 2.24) is 0 Å². The summed E-state index contributed by atoms with van der Waals surface area (Å²) in [5.41, 5.74) is 0. The first-order chi connectivity index (χ1) is 7.56. The maximum atomic E-state index is 9.54. The molecular formula is C9H11NO5S. The van der Waals surface area contributed by atoms with Crippen molar-refractivity contribution in [3.8, 4) is 5.75 Å². The Morgan fingerprint density at radius 3 is 2.19 bits per heavy atom. The zero-order valence-electron chi connectivity index (χ0n) is 8.53. The van der Waals surface area contributed by atoms with E-state index in [0.29, 0.717) is 0 Å². The number of para-hydroxylation sites is 1. The SMILES string of the molecule is COc1ccccc1.O=C(O)CN=S(=O)=O. The predicted molar refractivity (Wildman–Crippen MR) is 56.8 cm³/mol. The van der Waals surface area contributed by atoms with Gasteiger partial charge < -0.3 is 9.84 Å². The summed E-state index contributed by atoms with van der Waals surface area (Å²) in [5.74, 6) is -0.346. The molecule has 0 bridgehead atoms. The number of rotatable bonds is 3. The molecule has 1 aromatic carbocycles. The van der Waals surface area contributed by atoms with Gasteiger partial charge in [0.25, 0.3) is 0 Å². The molecule has 1 N–H and O–H groups in total. The van der Waals surface area contributed by atoms with E-state index in [1.54, 1.807) is 7.11 Å². The van der Waals surface area contributed by atoms with E-state index < -0.39 is 23.0 Å². The number of benzene rings is 1. The van der Waals surface area contributed by atoms with Gasteiger partial charge in [-0.2, -0.15) is 12.8 Å². The molecule has 1 aromatic rings. The molecule has 0 saturated heterocycles. The Labute approximate surface area is 94.2 Å². The van der Waals surface area contributed by atoms with Crippen LogP contribution >= 0.6 is 0 Å². The van der Waals surface area contributed by atoms with Gasteiger partial charge in [-0.25, -0.2) is 0 Å². The molecule has 0 radical (unpaired) electrons. The van der Waals surface area contributed by atoms with Gasteiger partial charge in [0.2, 0.25) is 0 Å². The largest absolute Gasteiger partial charge is 0.497 e. The monoisotopic (exact) mass is 245 g/mol. The molecule has 0 aliphatic carbocycles. The molecule has 0 aromatic heterocycles. The first-order valence-corrected chi connectivity index (χ1v) is 5.17. The molecule has 88 valence electrons. The van der Waals surface area contributed by atoms with Crippen LogP contribution in [0.4, 0.5) is 0 Å². The lowest BCUT2D eigenvalue weighted by atomic mass is 10.3. The molecule has 0 aliphatic heterocycles. The zero-order valence-corrected chi connectivity index (χ0v) is 9.35. The average molecular weight is 245 g/mol. The van der Waals surface area contributed by atoms with Crippen molar-refractivity contribution in [3.05, 3.63) is 30.3 Å². The van der Waals surface area contributed by atoms with Crippen LogP contribution in [0.1, 0.15) is 0 Å². The summed E-state index contributed by atoms with van der Waals surface area (Å²) in [6, 6.07) is 9.68. The van der Waals surface area contributed by atoms with Crippen LogP contribution in [0.25, 0.3) is 0 Å². The van der Waals surface area contributed by atoms with Crippen LogP contribution < -0.4 is 4.74 Å². The molecule has 7 heteroatoms. The molecule has 0 unspecified atom stereocenters. The van der Waals surface area contributed by atoms with E-state index in [0.717, 1.165) is 5.75 Å². The maximum absolute atomic E-state index is 9.54. The van der Waals surface area contributed by atoms with E-state index in [4.69, 9.17) is 9.84 Å². The van der Waals surface area contributed by atoms with Crippen LogP contribution in [-0.4, -0.2) is 33.1 Å². The van der Waals surface area contributed by atoms with Crippen LogP contribution in [0.15, 0.2) is 34.7 Å². The quantitative estimate of drug-likeness (QED) is 0.851. The van der Waals surface area contributed by atoms with Gasteiger partial charge in [-0.05, 0) is 12.1 Å². The van der Waals surface area contributed by atoms with E-state index in [1.165, 1.54) is 0 Å². The number of hydrogen-bond donors (Lipinski definition) is 1. The summed E-state index contributed by atoms with van der Waals surface area (Å²) in [7, 11) is -0.930. The van der Waals surface area contributed by atoms with Gasteiger partial charge in [-0.1, -0.05) is 18.2 Å². The van der Waals surface area contributed by atoms with Crippen LogP contribution in [0.3, 0.4) is 0 Å². The smallest absolute Gasteiger partial charge is 0.326 e. The molecule has 0 heterocycles. The molecule has 0 spiro atoms. The third-order valence-corrected chi connectivity index (χ3v) is 1.62. The second-order valence-electron chi connectivity index (χ2n) is 2.42. The number of ether oxygens (including phenoxy) is 1. The molecule has 1 rings (SSSR count).